The van der Waals surface area contributed by atoms with E-state index < -0.39 is 42.3 Å². The van der Waals surface area contributed by atoms with Crippen LogP contribution in [-0.2, 0) is 39.0 Å². The van der Waals surface area contributed by atoms with Gasteiger partial charge in [0.15, 0.2) is 5.75 Å². The molecular weight excluding hydrogens is 971 g/mol. The number of anilines is 1. The van der Waals surface area contributed by atoms with Crippen molar-refractivity contribution in [3.8, 4) is 5.75 Å². The minimum absolute atomic E-state index is 0.0632. The van der Waals surface area contributed by atoms with Crippen molar-refractivity contribution in [2.75, 3.05) is 5.73 Å². The molecule has 0 aliphatic heterocycles. The first-order valence-corrected chi connectivity index (χ1v) is 23.1. The number of aromatic nitrogens is 2. The predicted octanol–water partition coefficient (Wildman–Crippen LogP) is 12.2. The summed E-state index contributed by atoms with van der Waals surface area (Å²) in [6, 6.07) is 26.7. The van der Waals surface area contributed by atoms with Crippen LogP contribution in [0.25, 0.3) is 32.6 Å². The Bertz CT molecular complexity index is 3590. The molecule has 24 nitrogen and oxygen atoms in total. The molecule has 0 bridgehead atoms. The fourth-order valence-corrected chi connectivity index (χ4v) is 8.39. The van der Waals surface area contributed by atoms with Crippen molar-refractivity contribution in [1.29, 1.82) is 0 Å². The van der Waals surface area contributed by atoms with E-state index in [1.165, 1.54) is 42.7 Å². The van der Waals surface area contributed by atoms with Crippen LogP contribution < -0.4 is 5.73 Å². The summed E-state index contributed by atoms with van der Waals surface area (Å²) in [5, 5.41) is 71.2. The van der Waals surface area contributed by atoms with Gasteiger partial charge in [-0.15, -0.1) is 39.4 Å². The molecule has 0 aliphatic carbocycles. The number of pyridine rings is 2. The Morgan fingerprint density at radius 1 is 0.559 bits per heavy atom. The summed E-state index contributed by atoms with van der Waals surface area (Å²) in [6.45, 7) is 0. The van der Waals surface area contributed by atoms with Gasteiger partial charge in [-0.25, -0.2) is 10.5 Å². The monoisotopic (exact) mass is 997 g/mol. The molecule has 344 valence electrons. The van der Waals surface area contributed by atoms with Crippen LogP contribution in [-0.4, -0.2) is 51.5 Å². The number of azo groups is 4. The molecule has 68 heavy (non-hydrogen) atoms. The molecule has 2 heterocycles. The Kier molecular flexibility index (Phi) is 14.1. The van der Waals surface area contributed by atoms with E-state index in [0.717, 1.165) is 30.2 Å². The summed E-state index contributed by atoms with van der Waals surface area (Å²) in [5.41, 5.74) is 7.54. The van der Waals surface area contributed by atoms with Crippen LogP contribution in [0.4, 0.5) is 51.2 Å². The molecule has 0 amide bonds. The molecule has 0 unspecified atom stereocenters. The summed E-state index contributed by atoms with van der Waals surface area (Å²) >= 11 is 1.14. The number of aromatic hydroxyl groups is 1. The first-order chi connectivity index (χ1) is 32.7. The van der Waals surface area contributed by atoms with E-state index in [-0.39, 0.29) is 48.8 Å². The second kappa shape index (κ2) is 20.3. The van der Waals surface area contributed by atoms with Gasteiger partial charge in [0.1, 0.15) is 27.6 Å². The Morgan fingerprint density at radius 2 is 1.06 bits per heavy atom. The average molecular weight is 998 g/mol. The summed E-state index contributed by atoms with van der Waals surface area (Å²) < 4.78 is 77.2. The number of nitrogens with two attached hydrogens (primary N) is 1. The Balaban J connectivity index is 1.16. The standard InChI is InChI=1S/C40H27N11O13S4/c41-35-34-21(20-33(68(58,59)60)39(35)51-49-31-16-14-29(27-4-2-18-43-37(27)31)47-45-23-7-11-25(12-8-23)67(55,56)57)19-32(66-64-62-54)38(40(34)52)50-48-30-15-13-28(26-3-1-17-42-36(26)30)46-44-22-5-9-24(10-6-22)65-63-61-53/h1-20,52-54H,41H2,(H,55,56,57)(H,58,59,60). The highest BCUT2D eigenvalue weighted by atomic mass is 32.2. The summed E-state index contributed by atoms with van der Waals surface area (Å²) in [4.78, 5) is 8.23. The number of nitrogens with zero attached hydrogens (tertiary/aromatic N) is 10. The van der Waals surface area contributed by atoms with Gasteiger partial charge in [-0.05, 0) is 115 Å². The maximum atomic E-state index is 12.8. The first-order valence-electron chi connectivity index (χ1n) is 18.7. The van der Waals surface area contributed by atoms with Crippen molar-refractivity contribution in [2.45, 2.75) is 19.6 Å². The lowest BCUT2D eigenvalue weighted by Gasteiger charge is -2.14. The Hall–Kier alpha value is -7.32. The molecule has 0 aliphatic rings. The second-order valence-electron chi connectivity index (χ2n) is 13.5. The molecule has 0 saturated carbocycles. The van der Waals surface area contributed by atoms with Crippen LogP contribution in [0, 0.1) is 0 Å². The lowest BCUT2D eigenvalue weighted by Crippen LogP contribution is -2.02. The Morgan fingerprint density at radius 3 is 1.59 bits per heavy atom. The van der Waals surface area contributed by atoms with Crippen molar-refractivity contribution in [1.82, 2.24) is 9.97 Å². The van der Waals surface area contributed by atoms with Crippen LogP contribution in [0.15, 0.2) is 182 Å². The normalized spacial score (nSPS) is 12.6. The SMILES string of the molecule is Nc1c(N=Nc2ccc(N=Nc3ccc(S(=O)(=O)O)cc3)c3cccnc23)c(S(=O)(=O)O)cc2cc(SOOO)c(N=Nc3ccc(N=Nc4ccc(SOOO)cc4)c4cccnc34)c(O)c12. The lowest BCUT2D eigenvalue weighted by molar-refractivity contribution is -0.432. The zero-order valence-corrected chi connectivity index (χ0v) is 37.0. The zero-order chi connectivity index (χ0) is 48.0. The third-order valence-electron chi connectivity index (χ3n) is 9.39. The van der Waals surface area contributed by atoms with Gasteiger partial charge in [0.2, 0.25) is 0 Å². The topological polar surface area (TPSA) is 357 Å². The zero-order valence-electron chi connectivity index (χ0n) is 33.7. The quantitative estimate of drug-likeness (QED) is 0.0131. The predicted molar refractivity (Wildman–Crippen MR) is 244 cm³/mol. The van der Waals surface area contributed by atoms with Gasteiger partial charge in [-0.3, -0.25) is 19.1 Å². The molecule has 28 heteroatoms. The van der Waals surface area contributed by atoms with Gasteiger partial charge in [0, 0.05) is 28.1 Å². The van der Waals surface area contributed by atoms with Crippen molar-refractivity contribution in [3.05, 3.63) is 122 Å². The molecule has 7 N–H and O–H groups in total. The molecule has 6 aromatic carbocycles. The molecule has 8 rings (SSSR count). The van der Waals surface area contributed by atoms with E-state index in [9.17, 15) is 31.0 Å². The van der Waals surface area contributed by atoms with Gasteiger partial charge in [-0.1, -0.05) is 10.1 Å². The number of rotatable bonds is 16. The van der Waals surface area contributed by atoms with Crippen LogP contribution in [0.3, 0.4) is 0 Å². The van der Waals surface area contributed by atoms with Crippen molar-refractivity contribution in [2.24, 2.45) is 40.9 Å². The highest BCUT2D eigenvalue weighted by molar-refractivity contribution is 7.95. The van der Waals surface area contributed by atoms with E-state index in [1.54, 1.807) is 60.7 Å². The summed E-state index contributed by atoms with van der Waals surface area (Å²) in [7, 11) is -9.50. The van der Waals surface area contributed by atoms with Gasteiger partial charge in [-0.2, -0.15) is 27.1 Å². The van der Waals surface area contributed by atoms with E-state index in [0.29, 0.717) is 50.3 Å². The van der Waals surface area contributed by atoms with Crippen LogP contribution in [0.2, 0.25) is 0 Å². The largest absolute Gasteiger partial charge is 0.505 e. The Labute approximate surface area is 390 Å². The molecule has 0 fully saturated rings. The van der Waals surface area contributed by atoms with E-state index >= 15 is 0 Å². The minimum Gasteiger partial charge on any atom is -0.505 e. The number of hydrogen-bond acceptors (Lipinski definition) is 24. The van der Waals surface area contributed by atoms with E-state index in [1.807, 2.05) is 0 Å². The van der Waals surface area contributed by atoms with Crippen LogP contribution >= 0.6 is 24.1 Å². The fourth-order valence-electron chi connectivity index (χ4n) is 6.38. The number of phenolic OH excluding ortho intramolecular Hbond substituents is 1. The molecule has 0 saturated heterocycles. The summed E-state index contributed by atoms with van der Waals surface area (Å²) in [5.74, 6) is -0.664. The lowest BCUT2D eigenvalue weighted by atomic mass is 10.1. The number of hydrogen-bond donors (Lipinski definition) is 6. The first kappa shape index (κ1) is 47.2. The highest BCUT2D eigenvalue weighted by Gasteiger charge is 2.26. The van der Waals surface area contributed by atoms with Crippen molar-refractivity contribution >= 4 is 128 Å². The van der Waals surface area contributed by atoms with Crippen molar-refractivity contribution in [3.63, 3.8) is 0 Å². The molecule has 8 aromatic rings. The van der Waals surface area contributed by atoms with E-state index in [4.69, 9.17) is 16.2 Å². The molecule has 0 atom stereocenters. The van der Waals surface area contributed by atoms with Crippen molar-refractivity contribution < 1.29 is 60.3 Å². The summed E-state index contributed by atoms with van der Waals surface area (Å²) in [6.07, 6.45) is 2.97. The smallest absolute Gasteiger partial charge is 0.296 e. The molecule has 0 radical (unpaired) electrons. The third-order valence-corrected chi connectivity index (χ3v) is 12.3. The molecule has 2 aromatic heterocycles. The number of nitrogen functional groups attached to an aromatic ring is 1. The number of phenols is 1. The fraction of sp³-hybridized carbons (Fsp3) is 0. The minimum atomic E-state index is -5.08. The van der Waals surface area contributed by atoms with Gasteiger partial charge < -0.3 is 10.8 Å². The van der Waals surface area contributed by atoms with Crippen LogP contribution in [0.1, 0.15) is 0 Å². The number of fused-ring (bicyclic) bond motifs is 3. The van der Waals surface area contributed by atoms with E-state index in [2.05, 4.69) is 69.6 Å². The second-order valence-corrected chi connectivity index (χ2v) is 17.8. The van der Waals surface area contributed by atoms with Gasteiger partial charge in [0.05, 0.1) is 78.7 Å². The van der Waals surface area contributed by atoms with Gasteiger partial charge >= 0.3 is 0 Å². The number of benzene rings is 6. The maximum Gasteiger partial charge on any atom is 0.296 e. The molecule has 0 spiro atoms. The average Bonchev–Trinajstić information content (AvgIpc) is 3.33. The maximum absolute atomic E-state index is 12.8. The third kappa shape index (κ3) is 10.5. The van der Waals surface area contributed by atoms with Crippen LogP contribution in [0.5, 0.6) is 5.75 Å². The highest BCUT2D eigenvalue weighted by Crippen LogP contribution is 2.50. The molecular formula is C40H27N11O13S4. The van der Waals surface area contributed by atoms with Gasteiger partial charge in [0.25, 0.3) is 20.2 Å².